The summed E-state index contributed by atoms with van der Waals surface area (Å²) in [6.45, 7) is 5.68. The lowest BCUT2D eigenvalue weighted by Crippen LogP contribution is -2.56. The molecule has 3 rings (SSSR count). The fourth-order valence-corrected chi connectivity index (χ4v) is 4.60. The molecule has 0 unspecified atom stereocenters. The summed E-state index contributed by atoms with van der Waals surface area (Å²) in [5.41, 5.74) is -1.08. The molecule has 0 spiro atoms. The van der Waals surface area contributed by atoms with Crippen molar-refractivity contribution in [1.82, 2.24) is 19.9 Å². The number of carbonyl (C=O) groups is 2. The van der Waals surface area contributed by atoms with Crippen LogP contribution < -0.4 is 10.6 Å². The third kappa shape index (κ3) is 5.38. The Balaban J connectivity index is 1.83. The van der Waals surface area contributed by atoms with Gasteiger partial charge < -0.3 is 20.1 Å². The zero-order valence-corrected chi connectivity index (χ0v) is 19.3. The molecule has 0 saturated carbocycles. The highest BCUT2D eigenvalue weighted by atomic mass is 32.1. The lowest BCUT2D eigenvalue weighted by atomic mass is 9.86. The summed E-state index contributed by atoms with van der Waals surface area (Å²) in [5, 5.41) is 16.1. The molecular formula is C21H26N4O4S2. The fourth-order valence-electron chi connectivity index (χ4n) is 3.52. The molecule has 1 aromatic carbocycles. The van der Waals surface area contributed by atoms with Crippen molar-refractivity contribution < 1.29 is 19.4 Å². The number of ether oxygens (including phenoxy) is 1. The number of amides is 2. The average molecular weight is 463 g/mol. The predicted octanol–water partition coefficient (Wildman–Crippen LogP) is 2.50. The second-order valence-corrected chi connectivity index (χ2v) is 9.60. The van der Waals surface area contributed by atoms with Crippen molar-refractivity contribution in [1.29, 1.82) is 0 Å². The number of benzene rings is 1. The monoisotopic (exact) mass is 462 g/mol. The van der Waals surface area contributed by atoms with E-state index >= 15 is 0 Å². The summed E-state index contributed by atoms with van der Waals surface area (Å²) >= 11 is 6.68. The zero-order valence-electron chi connectivity index (χ0n) is 17.6. The molecule has 8 nitrogen and oxygen atoms in total. The van der Waals surface area contributed by atoms with Gasteiger partial charge in [0.25, 0.3) is 5.91 Å². The van der Waals surface area contributed by atoms with Crippen LogP contribution >= 0.6 is 23.8 Å². The van der Waals surface area contributed by atoms with E-state index in [1.54, 1.807) is 56.1 Å². The number of nitrogens with one attached hydrogen (secondary N) is 2. The van der Waals surface area contributed by atoms with E-state index in [1.807, 2.05) is 12.1 Å². The average Bonchev–Trinajstić information content (AvgIpc) is 3.36. The van der Waals surface area contributed by atoms with E-state index in [0.717, 1.165) is 4.88 Å². The first kappa shape index (κ1) is 23.1. The minimum Gasteiger partial charge on any atom is -0.444 e. The lowest BCUT2D eigenvalue weighted by molar-refractivity contribution is 0.0278. The number of thiocarbonyl (C=S) groups is 1. The number of aliphatic hydroxyl groups excluding tert-OH is 1. The molecule has 1 saturated heterocycles. The largest absolute Gasteiger partial charge is 0.444 e. The molecule has 31 heavy (non-hydrogen) atoms. The topological polar surface area (TPSA) is 104 Å². The van der Waals surface area contributed by atoms with E-state index < -0.39 is 17.2 Å². The molecule has 0 aliphatic carbocycles. The van der Waals surface area contributed by atoms with E-state index in [9.17, 15) is 14.7 Å². The van der Waals surface area contributed by atoms with Gasteiger partial charge in [-0.2, -0.15) is 0 Å². The van der Waals surface area contributed by atoms with Crippen molar-refractivity contribution in [3.8, 4) is 0 Å². The van der Waals surface area contributed by atoms with Crippen LogP contribution in [-0.2, 0) is 10.3 Å². The molecule has 2 heterocycles. The highest BCUT2D eigenvalue weighted by Gasteiger charge is 2.51. The molecule has 1 aliphatic rings. The van der Waals surface area contributed by atoms with Crippen LogP contribution in [0.1, 0.15) is 36.0 Å². The molecule has 2 amide bonds. The van der Waals surface area contributed by atoms with Crippen molar-refractivity contribution in [3.05, 3.63) is 53.0 Å². The van der Waals surface area contributed by atoms with Crippen molar-refractivity contribution in [2.24, 2.45) is 5.92 Å². The summed E-state index contributed by atoms with van der Waals surface area (Å²) in [4.78, 5) is 27.6. The number of carbonyl (C=O) groups excluding carboxylic acids is 2. The van der Waals surface area contributed by atoms with E-state index in [4.69, 9.17) is 17.0 Å². The van der Waals surface area contributed by atoms with Gasteiger partial charge in [-0.05, 0) is 62.7 Å². The molecule has 1 aliphatic heterocycles. The van der Waals surface area contributed by atoms with E-state index in [2.05, 4.69) is 15.0 Å². The second-order valence-electron chi connectivity index (χ2n) is 8.36. The molecular weight excluding hydrogens is 436 g/mol. The quantitative estimate of drug-likeness (QED) is 0.600. The maximum atomic E-state index is 12.7. The van der Waals surface area contributed by atoms with Gasteiger partial charge in [0.15, 0.2) is 5.11 Å². The Labute approximate surface area is 190 Å². The van der Waals surface area contributed by atoms with Crippen LogP contribution in [0.25, 0.3) is 0 Å². The molecule has 1 fully saturated rings. The summed E-state index contributed by atoms with van der Waals surface area (Å²) in [6, 6.07) is 10.5. The Morgan fingerprint density at radius 1 is 1.32 bits per heavy atom. The number of likely N-dealkylation sites (tertiary alicyclic amines) is 1. The van der Waals surface area contributed by atoms with Crippen LogP contribution in [0, 0.1) is 5.92 Å². The first-order valence-corrected chi connectivity index (χ1v) is 11.0. The molecule has 0 bridgehead atoms. The smallest absolute Gasteiger partial charge is 0.410 e. The van der Waals surface area contributed by atoms with Crippen LogP contribution in [0.5, 0.6) is 0 Å². The third-order valence-electron chi connectivity index (χ3n) is 4.93. The highest BCUT2D eigenvalue weighted by Crippen LogP contribution is 2.39. The maximum Gasteiger partial charge on any atom is 0.410 e. The van der Waals surface area contributed by atoms with Gasteiger partial charge in [-0.3, -0.25) is 10.1 Å². The first-order chi connectivity index (χ1) is 14.6. The SMILES string of the molecule is CC(C)(C)OC(=O)N1C[C@@H](CO)[C@](NC(=S)NC(=O)c2ccccc2)(c2ccns2)C1. The van der Waals surface area contributed by atoms with Crippen LogP contribution in [0.4, 0.5) is 4.79 Å². The Hall–Kier alpha value is -2.56. The normalized spacial score (nSPS) is 20.9. The van der Waals surface area contributed by atoms with Crippen LogP contribution in [0.3, 0.4) is 0 Å². The number of rotatable bonds is 4. The molecule has 2 aromatic rings. The number of nitrogens with zero attached hydrogens (tertiary/aromatic N) is 2. The van der Waals surface area contributed by atoms with Gasteiger partial charge in [0.1, 0.15) is 5.60 Å². The van der Waals surface area contributed by atoms with Crippen LogP contribution in [-0.4, -0.2) is 56.8 Å². The summed E-state index contributed by atoms with van der Waals surface area (Å²) in [7, 11) is 0. The van der Waals surface area contributed by atoms with E-state index in [-0.39, 0.29) is 36.6 Å². The minimum atomic E-state index is -0.909. The van der Waals surface area contributed by atoms with E-state index in [1.165, 1.54) is 11.5 Å². The van der Waals surface area contributed by atoms with Crippen molar-refractivity contribution in [3.63, 3.8) is 0 Å². The second kappa shape index (κ2) is 9.29. The number of aliphatic hydroxyl groups is 1. The summed E-state index contributed by atoms with van der Waals surface area (Å²) in [5.74, 6) is -0.729. The molecule has 3 N–H and O–H groups in total. The lowest BCUT2D eigenvalue weighted by Gasteiger charge is -2.34. The van der Waals surface area contributed by atoms with Gasteiger partial charge in [-0.25, -0.2) is 9.17 Å². The van der Waals surface area contributed by atoms with Crippen molar-refractivity contribution >= 4 is 40.9 Å². The number of aromatic nitrogens is 1. The van der Waals surface area contributed by atoms with Crippen molar-refractivity contribution in [2.45, 2.75) is 31.9 Å². The Morgan fingerprint density at radius 2 is 2.03 bits per heavy atom. The van der Waals surface area contributed by atoms with Gasteiger partial charge in [-0.15, -0.1) is 0 Å². The van der Waals surface area contributed by atoms with Gasteiger partial charge >= 0.3 is 6.09 Å². The first-order valence-electron chi connectivity index (χ1n) is 9.83. The van der Waals surface area contributed by atoms with Gasteiger partial charge in [0.2, 0.25) is 0 Å². The summed E-state index contributed by atoms with van der Waals surface area (Å²) < 4.78 is 9.70. The predicted molar refractivity (Wildman–Crippen MR) is 122 cm³/mol. The highest BCUT2D eigenvalue weighted by molar-refractivity contribution is 7.80. The number of hydrogen-bond donors (Lipinski definition) is 3. The van der Waals surface area contributed by atoms with Crippen molar-refractivity contribution in [2.75, 3.05) is 19.7 Å². The number of hydrogen-bond acceptors (Lipinski definition) is 7. The third-order valence-corrected chi connectivity index (χ3v) is 6.06. The Bertz CT molecular complexity index is 931. The molecule has 10 heteroatoms. The molecule has 0 radical (unpaired) electrons. The Morgan fingerprint density at radius 3 is 2.61 bits per heavy atom. The fraction of sp³-hybridized carbons (Fsp3) is 0.429. The molecule has 2 atom stereocenters. The molecule has 166 valence electrons. The molecule has 1 aromatic heterocycles. The van der Waals surface area contributed by atoms with Gasteiger partial charge in [0, 0.05) is 24.2 Å². The summed E-state index contributed by atoms with van der Waals surface area (Å²) in [6.07, 6.45) is 1.18. The Kier molecular flexibility index (Phi) is 6.93. The van der Waals surface area contributed by atoms with Crippen LogP contribution in [0.2, 0.25) is 0 Å². The maximum absolute atomic E-state index is 12.7. The van der Waals surface area contributed by atoms with Crippen LogP contribution in [0.15, 0.2) is 42.6 Å². The van der Waals surface area contributed by atoms with E-state index in [0.29, 0.717) is 5.56 Å². The van der Waals surface area contributed by atoms with Gasteiger partial charge in [0.05, 0.1) is 23.6 Å². The standard InChI is InChI=1S/C21H26N4O4S2/c1-20(2,3)29-19(28)25-11-15(12-26)21(13-25,16-9-10-22-31-16)24-18(30)23-17(27)14-7-5-4-6-8-14/h4-10,15,26H,11-13H2,1-3H3,(H2,23,24,27,30)/t15-,21-/m0/s1. The minimum absolute atomic E-state index is 0.103. The van der Waals surface area contributed by atoms with Gasteiger partial charge in [-0.1, -0.05) is 18.2 Å². The zero-order chi connectivity index (χ0) is 22.6.